The van der Waals surface area contributed by atoms with Crippen LogP contribution in [0.4, 0.5) is 4.79 Å². The summed E-state index contributed by atoms with van der Waals surface area (Å²) in [5.41, 5.74) is 2.58. The Morgan fingerprint density at radius 1 is 1.00 bits per heavy atom. The lowest BCUT2D eigenvalue weighted by atomic mass is 10.1. The van der Waals surface area contributed by atoms with Crippen LogP contribution in [0.15, 0.2) is 53.4 Å². The average molecular weight is 448 g/mol. The lowest BCUT2D eigenvalue weighted by Crippen LogP contribution is -2.45. The van der Waals surface area contributed by atoms with Gasteiger partial charge in [-0.2, -0.15) is 4.72 Å². The maximum Gasteiger partial charge on any atom is 0.321 e. The number of sulfonamides is 1. The number of carbonyl (C=O) groups excluding carboxylic acids is 3. The maximum absolute atomic E-state index is 12.3. The second-order valence-corrected chi connectivity index (χ2v) is 8.63. The van der Waals surface area contributed by atoms with Crippen LogP contribution in [0.25, 0.3) is 0 Å². The monoisotopic (exact) mass is 447 g/mol. The molecule has 0 aliphatic carbocycles. The number of hydrogen-bond donors (Lipinski definition) is 3. The highest BCUT2D eigenvalue weighted by molar-refractivity contribution is 7.89. The van der Waals surface area contributed by atoms with Crippen molar-refractivity contribution in [3.63, 3.8) is 0 Å². The molecular weight excluding hydrogens is 422 g/mol. The lowest BCUT2D eigenvalue weighted by Gasteiger charge is -2.14. The third kappa shape index (κ3) is 7.50. The van der Waals surface area contributed by atoms with E-state index in [0.29, 0.717) is 0 Å². The number of esters is 1. The van der Waals surface area contributed by atoms with Gasteiger partial charge in [0.2, 0.25) is 10.0 Å². The largest absolute Gasteiger partial charge is 0.452 e. The molecule has 10 heteroatoms. The van der Waals surface area contributed by atoms with Gasteiger partial charge in [0, 0.05) is 6.54 Å². The molecule has 31 heavy (non-hydrogen) atoms. The number of benzene rings is 2. The van der Waals surface area contributed by atoms with Crippen LogP contribution >= 0.6 is 0 Å². The van der Waals surface area contributed by atoms with E-state index in [9.17, 15) is 22.8 Å². The number of hydrogen-bond acceptors (Lipinski definition) is 6. The molecule has 1 atom stereocenters. The van der Waals surface area contributed by atoms with E-state index < -0.39 is 40.6 Å². The zero-order valence-corrected chi connectivity index (χ0v) is 18.3. The fourth-order valence-electron chi connectivity index (χ4n) is 2.45. The standard InChI is InChI=1S/C21H25N3O6S/c1-14-9-10-18(11-15(14)2)31(28,29)23-13-19(25)30-16(3)20(26)24-21(27)22-12-17-7-5-4-6-8-17/h4-11,16,23H,12-13H2,1-3H3,(H2,22,24,26,27). The van der Waals surface area contributed by atoms with Crippen molar-refractivity contribution in [3.05, 3.63) is 65.2 Å². The molecule has 0 radical (unpaired) electrons. The molecule has 0 spiro atoms. The van der Waals surface area contributed by atoms with Crippen molar-refractivity contribution in [3.8, 4) is 0 Å². The van der Waals surface area contributed by atoms with Crippen molar-refractivity contribution < 1.29 is 27.5 Å². The van der Waals surface area contributed by atoms with E-state index in [-0.39, 0.29) is 11.4 Å². The Labute approximate surface area is 181 Å². The summed E-state index contributed by atoms with van der Waals surface area (Å²) in [7, 11) is -3.92. The molecule has 0 heterocycles. The summed E-state index contributed by atoms with van der Waals surface area (Å²) in [4.78, 5) is 35.8. The third-order valence-corrected chi connectivity index (χ3v) is 5.80. The Morgan fingerprint density at radius 2 is 1.68 bits per heavy atom. The first-order chi connectivity index (χ1) is 14.6. The number of aryl methyl sites for hydroxylation is 2. The van der Waals surface area contributed by atoms with Gasteiger partial charge in [0.25, 0.3) is 5.91 Å². The predicted molar refractivity (Wildman–Crippen MR) is 113 cm³/mol. The summed E-state index contributed by atoms with van der Waals surface area (Å²) in [5, 5.41) is 4.57. The zero-order chi connectivity index (χ0) is 23.0. The van der Waals surface area contributed by atoms with Crippen LogP contribution in [0.2, 0.25) is 0 Å². The number of nitrogens with one attached hydrogen (secondary N) is 3. The number of rotatable bonds is 8. The van der Waals surface area contributed by atoms with E-state index in [1.807, 2.05) is 37.3 Å². The molecule has 0 saturated carbocycles. The number of imide groups is 1. The first kappa shape index (κ1) is 24.0. The van der Waals surface area contributed by atoms with Crippen molar-refractivity contribution in [2.24, 2.45) is 0 Å². The number of urea groups is 1. The molecular formula is C21H25N3O6S. The zero-order valence-electron chi connectivity index (χ0n) is 17.5. The number of carbonyl (C=O) groups is 3. The molecule has 0 aliphatic rings. The SMILES string of the molecule is Cc1ccc(S(=O)(=O)NCC(=O)OC(C)C(=O)NC(=O)NCc2ccccc2)cc1C. The molecule has 3 N–H and O–H groups in total. The molecule has 2 rings (SSSR count). The highest BCUT2D eigenvalue weighted by Crippen LogP contribution is 2.14. The van der Waals surface area contributed by atoms with E-state index in [2.05, 4.69) is 15.4 Å². The van der Waals surface area contributed by atoms with Gasteiger partial charge in [-0.15, -0.1) is 0 Å². The molecule has 2 aromatic rings. The molecule has 0 bridgehead atoms. The van der Waals surface area contributed by atoms with Crippen LogP contribution in [0.3, 0.4) is 0 Å². The van der Waals surface area contributed by atoms with E-state index in [0.717, 1.165) is 16.7 Å². The van der Waals surface area contributed by atoms with Gasteiger partial charge in [0.1, 0.15) is 6.54 Å². The Kier molecular flexibility index (Phi) is 8.29. The van der Waals surface area contributed by atoms with Crippen molar-refractivity contribution in [1.29, 1.82) is 0 Å². The topological polar surface area (TPSA) is 131 Å². The van der Waals surface area contributed by atoms with Gasteiger partial charge >= 0.3 is 12.0 Å². The summed E-state index contributed by atoms with van der Waals surface area (Å²) in [6, 6.07) is 12.9. The van der Waals surface area contributed by atoms with E-state index in [1.54, 1.807) is 13.0 Å². The molecule has 9 nitrogen and oxygen atoms in total. The first-order valence-electron chi connectivity index (χ1n) is 9.47. The molecule has 0 saturated heterocycles. The number of amides is 3. The molecule has 1 unspecified atom stereocenters. The van der Waals surface area contributed by atoms with Gasteiger partial charge in [-0.25, -0.2) is 13.2 Å². The van der Waals surface area contributed by atoms with E-state index >= 15 is 0 Å². The number of ether oxygens (including phenoxy) is 1. The minimum Gasteiger partial charge on any atom is -0.452 e. The summed E-state index contributed by atoms with van der Waals surface area (Å²) in [5.74, 6) is -1.80. The van der Waals surface area contributed by atoms with Gasteiger partial charge in [-0.1, -0.05) is 36.4 Å². The quantitative estimate of drug-likeness (QED) is 0.526. The van der Waals surface area contributed by atoms with E-state index in [1.165, 1.54) is 19.1 Å². The summed E-state index contributed by atoms with van der Waals surface area (Å²) < 4.78 is 31.6. The smallest absolute Gasteiger partial charge is 0.321 e. The van der Waals surface area contributed by atoms with Crippen LogP contribution < -0.4 is 15.4 Å². The minimum atomic E-state index is -3.92. The van der Waals surface area contributed by atoms with Gasteiger partial charge in [-0.3, -0.25) is 14.9 Å². The van der Waals surface area contributed by atoms with Gasteiger partial charge in [-0.05, 0) is 49.6 Å². The van der Waals surface area contributed by atoms with Crippen molar-refractivity contribution in [2.45, 2.75) is 38.3 Å². The lowest BCUT2D eigenvalue weighted by molar-refractivity contribution is -0.153. The van der Waals surface area contributed by atoms with Gasteiger partial charge < -0.3 is 10.1 Å². The summed E-state index contributed by atoms with van der Waals surface area (Å²) in [6.07, 6.45) is -1.29. The third-order valence-electron chi connectivity index (χ3n) is 4.41. The second-order valence-electron chi connectivity index (χ2n) is 6.86. The van der Waals surface area contributed by atoms with Crippen molar-refractivity contribution >= 4 is 27.9 Å². The van der Waals surface area contributed by atoms with Crippen LogP contribution in [0.5, 0.6) is 0 Å². The average Bonchev–Trinajstić information content (AvgIpc) is 2.73. The molecule has 2 aromatic carbocycles. The van der Waals surface area contributed by atoms with Gasteiger partial charge in [0.05, 0.1) is 4.90 Å². The molecule has 0 fully saturated rings. The summed E-state index contributed by atoms with van der Waals surface area (Å²) in [6.45, 7) is 4.46. The molecule has 3 amide bonds. The summed E-state index contributed by atoms with van der Waals surface area (Å²) >= 11 is 0. The highest BCUT2D eigenvalue weighted by atomic mass is 32.2. The Hall–Kier alpha value is -3.24. The van der Waals surface area contributed by atoms with Crippen LogP contribution in [-0.2, 0) is 30.9 Å². The van der Waals surface area contributed by atoms with Crippen LogP contribution in [0.1, 0.15) is 23.6 Å². The van der Waals surface area contributed by atoms with Crippen molar-refractivity contribution in [1.82, 2.24) is 15.4 Å². The Balaban J connectivity index is 1.79. The molecule has 0 aliphatic heterocycles. The first-order valence-corrected chi connectivity index (χ1v) is 11.0. The molecule has 0 aromatic heterocycles. The predicted octanol–water partition coefficient (Wildman–Crippen LogP) is 1.54. The Morgan fingerprint density at radius 3 is 2.32 bits per heavy atom. The fourth-order valence-corrected chi connectivity index (χ4v) is 3.50. The van der Waals surface area contributed by atoms with Crippen LogP contribution in [-0.4, -0.2) is 39.0 Å². The fraction of sp³-hybridized carbons (Fsp3) is 0.286. The van der Waals surface area contributed by atoms with Crippen molar-refractivity contribution in [2.75, 3.05) is 6.54 Å². The normalized spacial score (nSPS) is 12.0. The van der Waals surface area contributed by atoms with Gasteiger partial charge in [0.15, 0.2) is 6.10 Å². The molecule has 166 valence electrons. The van der Waals surface area contributed by atoms with E-state index in [4.69, 9.17) is 4.74 Å². The highest BCUT2D eigenvalue weighted by Gasteiger charge is 2.22. The maximum atomic E-state index is 12.3. The van der Waals surface area contributed by atoms with Crippen LogP contribution in [0, 0.1) is 13.8 Å². The Bertz CT molecular complexity index is 1050. The second kappa shape index (κ2) is 10.7. The minimum absolute atomic E-state index is 0.0179.